The van der Waals surface area contributed by atoms with Crippen LogP contribution in [0.1, 0.15) is 39.5 Å². The van der Waals surface area contributed by atoms with Gasteiger partial charge in [-0.25, -0.2) is 0 Å². The minimum Gasteiger partial charge on any atom is -0.0623 e. The molecule has 0 aromatic rings. The van der Waals surface area contributed by atoms with Crippen LogP contribution < -0.4 is 0 Å². The van der Waals surface area contributed by atoms with Crippen molar-refractivity contribution in [2.45, 2.75) is 39.5 Å². The molecule has 1 radical (unpaired) electrons. The van der Waals surface area contributed by atoms with Crippen molar-refractivity contribution < 1.29 is 0 Å². The van der Waals surface area contributed by atoms with Gasteiger partial charge in [0.25, 0.3) is 0 Å². The summed E-state index contributed by atoms with van der Waals surface area (Å²) < 4.78 is 0. The van der Waals surface area contributed by atoms with E-state index in [2.05, 4.69) is 20.3 Å². The van der Waals surface area contributed by atoms with Crippen molar-refractivity contribution >= 4 is 0 Å². The highest BCUT2D eigenvalue weighted by Gasteiger charge is 2.14. The third kappa shape index (κ3) is 2.00. The number of hydrogen-bond donors (Lipinski definition) is 0. The first-order valence-corrected chi connectivity index (χ1v) is 4.12. The first-order valence-electron chi connectivity index (χ1n) is 4.12. The van der Waals surface area contributed by atoms with Gasteiger partial charge in [-0.2, -0.15) is 0 Å². The summed E-state index contributed by atoms with van der Waals surface area (Å²) in [6.07, 6.45) is 8.02. The maximum Gasteiger partial charge on any atom is -0.0383 e. The first-order chi connectivity index (χ1) is 4.30. The average Bonchev–Trinajstić information content (AvgIpc) is 1.99. The lowest BCUT2D eigenvalue weighted by Gasteiger charge is -2.14. The van der Waals surface area contributed by atoms with Crippen molar-refractivity contribution in [2.24, 2.45) is 11.8 Å². The summed E-state index contributed by atoms with van der Waals surface area (Å²) in [6, 6.07) is 0. The molecule has 0 nitrogen and oxygen atoms in total. The first kappa shape index (κ1) is 7.11. The minimum atomic E-state index is 0.937. The van der Waals surface area contributed by atoms with Crippen LogP contribution in [0.2, 0.25) is 0 Å². The Kier molecular flexibility index (Phi) is 2.56. The van der Waals surface area contributed by atoms with E-state index < -0.39 is 0 Å². The van der Waals surface area contributed by atoms with Crippen LogP contribution in [-0.4, -0.2) is 0 Å². The molecule has 1 fully saturated rings. The minimum absolute atomic E-state index is 0.937. The molecule has 1 saturated carbocycles. The van der Waals surface area contributed by atoms with E-state index in [4.69, 9.17) is 0 Å². The summed E-state index contributed by atoms with van der Waals surface area (Å²) in [7, 11) is 0. The Hall–Kier alpha value is 0. The fourth-order valence-electron chi connectivity index (χ4n) is 1.48. The molecule has 9 heavy (non-hydrogen) atoms. The Morgan fingerprint density at radius 2 is 2.00 bits per heavy atom. The summed E-state index contributed by atoms with van der Waals surface area (Å²) in [5, 5.41) is 0. The van der Waals surface area contributed by atoms with Gasteiger partial charge in [-0.15, -0.1) is 0 Å². The second-order valence-corrected chi connectivity index (χ2v) is 3.41. The van der Waals surface area contributed by atoms with E-state index in [0.717, 1.165) is 11.8 Å². The van der Waals surface area contributed by atoms with Gasteiger partial charge in [0.1, 0.15) is 0 Å². The molecule has 0 aromatic heterocycles. The third-order valence-electron chi connectivity index (χ3n) is 2.58. The molecule has 0 bridgehead atoms. The number of hydrogen-bond acceptors (Lipinski definition) is 0. The molecule has 0 saturated heterocycles. The van der Waals surface area contributed by atoms with Crippen LogP contribution in [0.4, 0.5) is 0 Å². The lowest BCUT2D eigenvalue weighted by molar-refractivity contribution is 0.377. The van der Waals surface area contributed by atoms with Crippen molar-refractivity contribution in [2.75, 3.05) is 0 Å². The molecule has 0 aromatic carbocycles. The Morgan fingerprint density at radius 1 is 1.22 bits per heavy atom. The maximum absolute atomic E-state index is 2.45. The predicted molar refractivity (Wildman–Crippen MR) is 41.1 cm³/mol. The Morgan fingerprint density at radius 3 is 2.78 bits per heavy atom. The summed E-state index contributed by atoms with van der Waals surface area (Å²) >= 11 is 0. The molecule has 53 valence electrons. The monoisotopic (exact) mass is 125 g/mol. The van der Waals surface area contributed by atoms with Crippen molar-refractivity contribution in [3.8, 4) is 0 Å². The molecule has 2 unspecified atom stereocenters. The van der Waals surface area contributed by atoms with Crippen LogP contribution >= 0.6 is 0 Å². The molecule has 0 heterocycles. The quantitative estimate of drug-likeness (QED) is 0.436. The average molecular weight is 125 g/mol. The molecule has 1 aliphatic rings. The molecule has 1 rings (SSSR count). The maximum atomic E-state index is 2.45. The zero-order chi connectivity index (χ0) is 6.69. The molecule has 0 spiro atoms. The van der Waals surface area contributed by atoms with Gasteiger partial charge in [0.2, 0.25) is 0 Å². The van der Waals surface area contributed by atoms with Crippen LogP contribution in [0, 0.1) is 18.3 Å². The van der Waals surface area contributed by atoms with Crippen molar-refractivity contribution in [1.82, 2.24) is 0 Å². The zero-order valence-electron chi connectivity index (χ0n) is 6.56. The Labute approximate surface area is 58.7 Å². The lowest BCUT2D eigenvalue weighted by Crippen LogP contribution is -2.04. The highest BCUT2D eigenvalue weighted by atomic mass is 14.2. The normalized spacial score (nSPS) is 38.0. The molecule has 0 amide bonds. The van der Waals surface area contributed by atoms with E-state index in [1.165, 1.54) is 25.7 Å². The van der Waals surface area contributed by atoms with E-state index in [1.54, 1.807) is 0 Å². The number of rotatable bonds is 0. The molecule has 0 N–H and O–H groups in total. The lowest BCUT2D eigenvalue weighted by atomic mass is 9.92. The van der Waals surface area contributed by atoms with Crippen molar-refractivity contribution in [3.63, 3.8) is 0 Å². The standard InChI is InChI=1S/C9H17/c1-8-6-4-3-5-7-9(8)2/h4,8-9H,3,5-7H2,1-2H3. The smallest absolute Gasteiger partial charge is 0.0383 e. The van der Waals surface area contributed by atoms with Crippen LogP contribution in [0.15, 0.2) is 0 Å². The highest BCUT2D eigenvalue weighted by Crippen LogP contribution is 2.26. The molecule has 1 aliphatic carbocycles. The Balaban J connectivity index is 2.32. The van der Waals surface area contributed by atoms with E-state index in [1.807, 2.05) is 0 Å². The molecule has 0 heteroatoms. The van der Waals surface area contributed by atoms with Crippen LogP contribution in [-0.2, 0) is 0 Å². The second-order valence-electron chi connectivity index (χ2n) is 3.41. The van der Waals surface area contributed by atoms with Gasteiger partial charge in [0.15, 0.2) is 0 Å². The van der Waals surface area contributed by atoms with Gasteiger partial charge in [-0.1, -0.05) is 33.1 Å². The fourth-order valence-corrected chi connectivity index (χ4v) is 1.48. The van der Waals surface area contributed by atoms with Crippen molar-refractivity contribution in [1.29, 1.82) is 0 Å². The summed E-state index contributed by atoms with van der Waals surface area (Å²) in [4.78, 5) is 0. The van der Waals surface area contributed by atoms with E-state index in [0.29, 0.717) is 0 Å². The van der Waals surface area contributed by atoms with Gasteiger partial charge >= 0.3 is 0 Å². The summed E-state index contributed by atoms with van der Waals surface area (Å²) in [5.41, 5.74) is 0. The van der Waals surface area contributed by atoms with Crippen LogP contribution in [0.3, 0.4) is 0 Å². The molecular weight excluding hydrogens is 108 g/mol. The molecule has 0 aliphatic heterocycles. The van der Waals surface area contributed by atoms with Gasteiger partial charge in [0.05, 0.1) is 0 Å². The fraction of sp³-hybridized carbons (Fsp3) is 0.889. The summed E-state index contributed by atoms with van der Waals surface area (Å²) in [6.45, 7) is 4.75. The van der Waals surface area contributed by atoms with Crippen LogP contribution in [0.5, 0.6) is 0 Å². The molecule has 2 atom stereocenters. The topological polar surface area (TPSA) is 0 Å². The summed E-state index contributed by atoms with van der Waals surface area (Å²) in [5.74, 6) is 1.90. The molecular formula is C9H17. The third-order valence-corrected chi connectivity index (χ3v) is 2.58. The van der Waals surface area contributed by atoms with Crippen LogP contribution in [0.25, 0.3) is 0 Å². The zero-order valence-corrected chi connectivity index (χ0v) is 6.56. The van der Waals surface area contributed by atoms with Crippen molar-refractivity contribution in [3.05, 3.63) is 6.42 Å². The highest BCUT2D eigenvalue weighted by molar-refractivity contribution is 4.76. The SMILES string of the molecule is CC1C[CH]CCCC1C. The predicted octanol–water partition coefficient (Wildman–Crippen LogP) is 3.04. The van der Waals surface area contributed by atoms with Gasteiger partial charge in [-0.3, -0.25) is 0 Å². The van der Waals surface area contributed by atoms with Gasteiger partial charge < -0.3 is 0 Å². The van der Waals surface area contributed by atoms with Gasteiger partial charge in [-0.05, 0) is 24.7 Å². The van der Waals surface area contributed by atoms with Gasteiger partial charge in [0, 0.05) is 0 Å². The van der Waals surface area contributed by atoms with E-state index in [-0.39, 0.29) is 0 Å². The van der Waals surface area contributed by atoms with E-state index >= 15 is 0 Å². The Bertz CT molecular complexity index is 66.1. The largest absolute Gasteiger partial charge is 0.0623 e. The second kappa shape index (κ2) is 3.24. The van der Waals surface area contributed by atoms with E-state index in [9.17, 15) is 0 Å².